The molecule has 0 aromatic heterocycles. The van der Waals surface area contributed by atoms with E-state index in [9.17, 15) is 15.0 Å². The maximum Gasteiger partial charge on any atom is 0.185 e. The molecule has 1 rings (SSSR count). The van der Waals surface area contributed by atoms with Crippen molar-refractivity contribution in [3.05, 3.63) is 29.8 Å². The van der Waals surface area contributed by atoms with Gasteiger partial charge in [0, 0.05) is 17.6 Å². The van der Waals surface area contributed by atoms with Crippen molar-refractivity contribution >= 4 is 28.6 Å². The van der Waals surface area contributed by atoms with Crippen molar-refractivity contribution in [1.29, 1.82) is 0 Å². The number of carbonyl (C=O) groups is 1. The molecule has 0 amide bonds. The Morgan fingerprint density at radius 1 is 1.41 bits per heavy atom. The van der Waals surface area contributed by atoms with Gasteiger partial charge in [-0.3, -0.25) is 4.79 Å². The second kappa shape index (κ2) is 7.06. The Balaban J connectivity index is 2.66. The number of benzene rings is 1. The number of aliphatic hydroxyl groups excluding tert-OH is 2. The molecule has 0 aliphatic rings. The largest absolute Gasteiger partial charge is 0.389 e. The van der Waals surface area contributed by atoms with Crippen LogP contribution in [0.15, 0.2) is 29.2 Å². The number of hydrogen-bond donors (Lipinski definition) is 2. The molecule has 0 heterocycles. The highest BCUT2D eigenvalue weighted by Gasteiger charge is 2.19. The molecule has 0 saturated carbocycles. The van der Waals surface area contributed by atoms with E-state index in [0.717, 1.165) is 16.7 Å². The van der Waals surface area contributed by atoms with Crippen molar-refractivity contribution < 1.29 is 15.0 Å². The molecule has 94 valence electrons. The van der Waals surface area contributed by atoms with E-state index in [1.165, 1.54) is 6.92 Å². The van der Waals surface area contributed by atoms with Crippen LogP contribution in [0.25, 0.3) is 0 Å². The molecule has 3 nitrogen and oxygen atoms in total. The minimum Gasteiger partial charge on any atom is -0.389 e. The van der Waals surface area contributed by atoms with Gasteiger partial charge in [-0.15, -0.1) is 11.8 Å². The van der Waals surface area contributed by atoms with Crippen molar-refractivity contribution in [2.24, 2.45) is 0 Å². The van der Waals surface area contributed by atoms with E-state index in [1.54, 1.807) is 17.8 Å². The summed E-state index contributed by atoms with van der Waals surface area (Å²) in [6.45, 7) is 1.44. The Kier molecular flexibility index (Phi) is 6.05. The first kappa shape index (κ1) is 14.6. The molecule has 1 aromatic carbocycles. The highest BCUT2D eigenvalue weighted by Crippen LogP contribution is 2.24. The predicted molar refractivity (Wildman–Crippen MR) is 72.3 cm³/mol. The van der Waals surface area contributed by atoms with Gasteiger partial charge >= 0.3 is 0 Å². The van der Waals surface area contributed by atoms with E-state index in [2.05, 4.69) is 0 Å². The van der Waals surface area contributed by atoms with Crippen LogP contribution in [0.1, 0.15) is 18.6 Å². The van der Waals surface area contributed by atoms with E-state index < -0.39 is 12.2 Å². The molecule has 0 spiro atoms. The Hall–Kier alpha value is -0.490. The van der Waals surface area contributed by atoms with Crippen molar-refractivity contribution in [3.8, 4) is 0 Å². The number of aliphatic hydroxyl groups is 2. The molecule has 2 N–H and O–H groups in total. The van der Waals surface area contributed by atoms with Gasteiger partial charge in [0.05, 0.1) is 6.10 Å². The van der Waals surface area contributed by atoms with Crippen LogP contribution >= 0.6 is 23.5 Å². The Bertz CT molecular complexity index is 382. The molecule has 2 unspecified atom stereocenters. The van der Waals surface area contributed by atoms with Crippen molar-refractivity contribution in [2.45, 2.75) is 24.0 Å². The van der Waals surface area contributed by atoms with Crippen LogP contribution in [0.4, 0.5) is 0 Å². The average molecular weight is 272 g/mol. The minimum atomic E-state index is -0.950. The van der Waals surface area contributed by atoms with Gasteiger partial charge < -0.3 is 10.2 Å². The van der Waals surface area contributed by atoms with Crippen LogP contribution in [0.2, 0.25) is 0 Å². The third-order valence-electron chi connectivity index (χ3n) is 2.26. The van der Waals surface area contributed by atoms with Gasteiger partial charge in [0.1, 0.15) is 6.10 Å². The molecular weight excluding hydrogens is 256 g/mol. The van der Waals surface area contributed by atoms with Crippen LogP contribution in [0.3, 0.4) is 0 Å². The van der Waals surface area contributed by atoms with Crippen LogP contribution < -0.4 is 0 Å². The zero-order chi connectivity index (χ0) is 12.8. The fourth-order valence-electron chi connectivity index (χ4n) is 1.34. The maximum atomic E-state index is 10.8. The standard InChI is InChI=1S/C12H16O3S2/c1-8(13)17-7-11(14)12(15)9-4-3-5-10(6-9)16-2/h3-6,11-12,14-15H,7H2,1-2H3. The lowest BCUT2D eigenvalue weighted by Gasteiger charge is -2.17. The molecule has 0 fully saturated rings. The number of thioether (sulfide) groups is 2. The summed E-state index contributed by atoms with van der Waals surface area (Å²) in [5, 5.41) is 19.6. The van der Waals surface area contributed by atoms with Gasteiger partial charge in [0.2, 0.25) is 0 Å². The molecule has 2 atom stereocenters. The van der Waals surface area contributed by atoms with Gasteiger partial charge in [-0.25, -0.2) is 0 Å². The Morgan fingerprint density at radius 2 is 2.12 bits per heavy atom. The predicted octanol–water partition coefficient (Wildman–Crippen LogP) is 2.08. The highest BCUT2D eigenvalue weighted by atomic mass is 32.2. The molecule has 5 heteroatoms. The summed E-state index contributed by atoms with van der Waals surface area (Å²) in [7, 11) is 0. The van der Waals surface area contributed by atoms with Crippen molar-refractivity contribution in [3.63, 3.8) is 0 Å². The fraction of sp³-hybridized carbons (Fsp3) is 0.417. The molecule has 17 heavy (non-hydrogen) atoms. The maximum absolute atomic E-state index is 10.8. The first-order valence-corrected chi connectivity index (χ1v) is 7.39. The summed E-state index contributed by atoms with van der Waals surface area (Å²) in [6.07, 6.45) is 0.0722. The summed E-state index contributed by atoms with van der Waals surface area (Å²) in [4.78, 5) is 11.8. The Labute approximate surface area is 110 Å². The molecule has 1 aromatic rings. The van der Waals surface area contributed by atoms with E-state index in [0.29, 0.717) is 5.56 Å². The average Bonchev–Trinajstić information content (AvgIpc) is 2.35. The van der Waals surface area contributed by atoms with Crippen LogP contribution in [-0.4, -0.2) is 33.4 Å². The quantitative estimate of drug-likeness (QED) is 0.804. The first-order chi connectivity index (χ1) is 8.04. The summed E-state index contributed by atoms with van der Waals surface area (Å²) >= 11 is 2.60. The smallest absolute Gasteiger partial charge is 0.185 e. The lowest BCUT2D eigenvalue weighted by atomic mass is 10.1. The lowest BCUT2D eigenvalue weighted by Crippen LogP contribution is -2.21. The number of carbonyl (C=O) groups excluding carboxylic acids is 1. The summed E-state index contributed by atoms with van der Waals surface area (Å²) in [5.41, 5.74) is 0.675. The fourth-order valence-corrected chi connectivity index (χ4v) is 2.40. The van der Waals surface area contributed by atoms with E-state index in [-0.39, 0.29) is 10.9 Å². The lowest BCUT2D eigenvalue weighted by molar-refractivity contribution is -0.109. The highest BCUT2D eigenvalue weighted by molar-refractivity contribution is 8.13. The summed E-state index contributed by atoms with van der Waals surface area (Å²) in [6, 6.07) is 7.40. The summed E-state index contributed by atoms with van der Waals surface area (Å²) in [5.74, 6) is 0.208. The monoisotopic (exact) mass is 272 g/mol. The molecule has 0 aliphatic heterocycles. The van der Waals surface area contributed by atoms with E-state index >= 15 is 0 Å². The van der Waals surface area contributed by atoms with E-state index in [1.807, 2.05) is 24.5 Å². The minimum absolute atomic E-state index is 0.0610. The topological polar surface area (TPSA) is 57.5 Å². The first-order valence-electron chi connectivity index (χ1n) is 5.18. The SMILES string of the molecule is CSc1cccc(C(O)C(O)CSC(C)=O)c1. The second-order valence-corrected chi connectivity index (χ2v) is 5.67. The van der Waals surface area contributed by atoms with E-state index in [4.69, 9.17) is 0 Å². The number of hydrogen-bond acceptors (Lipinski definition) is 5. The Morgan fingerprint density at radius 3 is 2.71 bits per heavy atom. The molecular formula is C12H16O3S2. The normalized spacial score (nSPS) is 14.4. The summed E-state index contributed by atoms with van der Waals surface area (Å²) < 4.78 is 0. The second-order valence-electron chi connectivity index (χ2n) is 3.59. The van der Waals surface area contributed by atoms with Gasteiger partial charge in [-0.05, 0) is 24.0 Å². The zero-order valence-corrected chi connectivity index (χ0v) is 11.4. The van der Waals surface area contributed by atoms with Gasteiger partial charge in [-0.2, -0.15) is 0 Å². The third-order valence-corrected chi connectivity index (χ3v) is 3.90. The third kappa shape index (κ3) is 4.71. The van der Waals surface area contributed by atoms with Crippen LogP contribution in [-0.2, 0) is 4.79 Å². The molecule has 0 bridgehead atoms. The van der Waals surface area contributed by atoms with Gasteiger partial charge in [0.15, 0.2) is 5.12 Å². The van der Waals surface area contributed by atoms with Crippen LogP contribution in [0.5, 0.6) is 0 Å². The van der Waals surface area contributed by atoms with Gasteiger partial charge in [0.25, 0.3) is 0 Å². The molecule has 0 radical (unpaired) electrons. The molecule has 0 saturated heterocycles. The van der Waals surface area contributed by atoms with Crippen LogP contribution in [0, 0.1) is 0 Å². The van der Waals surface area contributed by atoms with Crippen molar-refractivity contribution in [1.82, 2.24) is 0 Å². The molecule has 0 aliphatic carbocycles. The van der Waals surface area contributed by atoms with Crippen molar-refractivity contribution in [2.75, 3.05) is 12.0 Å². The van der Waals surface area contributed by atoms with Gasteiger partial charge in [-0.1, -0.05) is 23.9 Å². The number of rotatable bonds is 5. The zero-order valence-electron chi connectivity index (χ0n) is 9.79.